The molecule has 0 bridgehead atoms. The molecule has 2 aromatic carbocycles. The van der Waals surface area contributed by atoms with E-state index in [1.807, 2.05) is 36.2 Å². The van der Waals surface area contributed by atoms with Gasteiger partial charge in [-0.25, -0.2) is 19.3 Å². The Kier molecular flexibility index (Phi) is 4.05. The lowest BCUT2D eigenvalue weighted by molar-refractivity contribution is -0.126. The van der Waals surface area contributed by atoms with Crippen molar-refractivity contribution >= 4 is 29.1 Å². The summed E-state index contributed by atoms with van der Waals surface area (Å²) in [6, 6.07) is 11.4. The Morgan fingerprint density at radius 3 is 2.32 bits per heavy atom. The lowest BCUT2D eigenvalue weighted by atomic mass is 9.89. The summed E-state index contributed by atoms with van der Waals surface area (Å²) in [4.78, 5) is 27.8. The molecule has 3 fully saturated rings. The van der Waals surface area contributed by atoms with Crippen LogP contribution in [0.4, 0.5) is 10.1 Å². The van der Waals surface area contributed by atoms with Gasteiger partial charge in [-0.15, -0.1) is 0 Å². The minimum atomic E-state index is -0.644. The van der Waals surface area contributed by atoms with Crippen molar-refractivity contribution in [2.75, 3.05) is 18.0 Å². The van der Waals surface area contributed by atoms with E-state index < -0.39 is 17.8 Å². The minimum Gasteiger partial charge on any atom is -0.274 e. The van der Waals surface area contributed by atoms with Crippen LogP contribution in [0.25, 0.3) is 0 Å². The molecule has 0 aromatic heterocycles. The van der Waals surface area contributed by atoms with Gasteiger partial charge in [0.25, 0.3) is 5.91 Å². The molecule has 0 aliphatic carbocycles. The smallest absolute Gasteiger partial charge is 0.253 e. The Labute approximate surface area is 167 Å². The second-order valence-corrected chi connectivity index (χ2v) is 8.02. The van der Waals surface area contributed by atoms with Gasteiger partial charge >= 0.3 is 0 Å². The summed E-state index contributed by atoms with van der Waals surface area (Å²) in [5.41, 5.74) is 2.40. The Morgan fingerprint density at radius 1 is 0.964 bits per heavy atom. The van der Waals surface area contributed by atoms with Crippen molar-refractivity contribution in [1.82, 2.24) is 10.0 Å². The third-order valence-corrected chi connectivity index (χ3v) is 6.29. The first-order valence-electron chi connectivity index (χ1n) is 9.40. The predicted octanol–water partition coefficient (Wildman–Crippen LogP) is 3.32. The molecular formula is C21H19ClFN3O2. The third-order valence-electron chi connectivity index (χ3n) is 5.99. The van der Waals surface area contributed by atoms with Crippen LogP contribution < -0.4 is 4.90 Å². The fourth-order valence-electron chi connectivity index (χ4n) is 4.76. The van der Waals surface area contributed by atoms with Crippen molar-refractivity contribution in [1.29, 1.82) is 0 Å². The van der Waals surface area contributed by atoms with Crippen LogP contribution >= 0.6 is 11.6 Å². The molecule has 0 spiro atoms. The van der Waals surface area contributed by atoms with E-state index in [1.165, 1.54) is 12.1 Å². The van der Waals surface area contributed by atoms with Gasteiger partial charge in [0.1, 0.15) is 11.9 Å². The average Bonchev–Trinajstić information content (AvgIpc) is 3.31. The summed E-state index contributed by atoms with van der Waals surface area (Å²) in [5, 5.41) is 4.16. The molecule has 0 saturated carbocycles. The van der Waals surface area contributed by atoms with Crippen molar-refractivity contribution in [3.63, 3.8) is 0 Å². The number of imide groups is 1. The van der Waals surface area contributed by atoms with Gasteiger partial charge in [-0.1, -0.05) is 41.4 Å². The summed E-state index contributed by atoms with van der Waals surface area (Å²) in [6.07, 6.45) is 0.947. The van der Waals surface area contributed by atoms with Crippen LogP contribution in [-0.2, 0) is 9.59 Å². The highest BCUT2D eigenvalue weighted by Crippen LogP contribution is 2.49. The van der Waals surface area contributed by atoms with Crippen LogP contribution in [0.5, 0.6) is 0 Å². The number of hydrazine groups is 1. The molecule has 144 valence electrons. The summed E-state index contributed by atoms with van der Waals surface area (Å²) in [5.74, 6) is -1.72. The normalized spacial score (nSPS) is 27.5. The van der Waals surface area contributed by atoms with Gasteiger partial charge in [0, 0.05) is 13.1 Å². The number of fused-ring (bicyclic) bond motifs is 3. The zero-order valence-corrected chi connectivity index (χ0v) is 16.1. The second kappa shape index (κ2) is 6.37. The molecule has 0 radical (unpaired) electrons. The molecule has 3 heterocycles. The lowest BCUT2D eigenvalue weighted by Crippen LogP contribution is -2.44. The summed E-state index contributed by atoms with van der Waals surface area (Å²) < 4.78 is 14.0. The number of anilines is 1. The van der Waals surface area contributed by atoms with Crippen LogP contribution in [0.3, 0.4) is 0 Å². The predicted molar refractivity (Wildman–Crippen MR) is 103 cm³/mol. The van der Waals surface area contributed by atoms with Crippen LogP contribution in [0, 0.1) is 18.7 Å². The number of carbonyl (C=O) groups is 2. The standard InChI is InChI=1S/C21H19ClFN3O2/c1-12-3-5-13(6-4-12)18-17-19(25-10-2-9-24(18)25)21(28)26(20(17)27)14-7-8-15(22)16(23)11-14/h3-8,11,17-19H,2,9-10H2,1H3/t17-,18+,19-/m0/s1. The van der Waals surface area contributed by atoms with Gasteiger partial charge in [-0.05, 0) is 37.1 Å². The number of halogens is 2. The molecule has 3 saturated heterocycles. The average molecular weight is 400 g/mol. The van der Waals surface area contributed by atoms with Crippen molar-refractivity contribution in [3.05, 3.63) is 64.4 Å². The molecule has 5 nitrogen and oxygen atoms in total. The van der Waals surface area contributed by atoms with E-state index in [-0.39, 0.29) is 28.6 Å². The molecular weight excluding hydrogens is 381 g/mol. The van der Waals surface area contributed by atoms with E-state index in [2.05, 4.69) is 5.01 Å². The van der Waals surface area contributed by atoms with Crippen LogP contribution in [0.1, 0.15) is 23.6 Å². The van der Waals surface area contributed by atoms with Gasteiger partial charge < -0.3 is 0 Å². The highest BCUT2D eigenvalue weighted by molar-refractivity contribution is 6.31. The first-order chi connectivity index (χ1) is 13.5. The van der Waals surface area contributed by atoms with Crippen LogP contribution in [-0.4, -0.2) is 41.0 Å². The number of rotatable bonds is 2. The zero-order chi connectivity index (χ0) is 19.6. The molecule has 0 N–H and O–H groups in total. The monoisotopic (exact) mass is 399 g/mol. The van der Waals surface area contributed by atoms with E-state index in [9.17, 15) is 14.0 Å². The highest BCUT2D eigenvalue weighted by atomic mass is 35.5. The highest BCUT2D eigenvalue weighted by Gasteiger charge is 2.62. The molecule has 3 aliphatic rings. The first kappa shape index (κ1) is 17.8. The topological polar surface area (TPSA) is 43.9 Å². The molecule has 2 aromatic rings. The van der Waals surface area contributed by atoms with Crippen molar-refractivity contribution in [2.24, 2.45) is 5.92 Å². The molecule has 2 amide bonds. The largest absolute Gasteiger partial charge is 0.274 e. The SMILES string of the molecule is Cc1ccc([C@@H]2[C@@H]3C(=O)N(c4ccc(Cl)c(F)c4)C(=O)[C@H]3N3CCCN23)cc1. The molecule has 3 aliphatic heterocycles. The lowest BCUT2D eigenvalue weighted by Gasteiger charge is -2.29. The molecule has 0 unspecified atom stereocenters. The molecule has 28 heavy (non-hydrogen) atoms. The zero-order valence-electron chi connectivity index (χ0n) is 15.3. The van der Waals surface area contributed by atoms with E-state index in [4.69, 9.17) is 11.6 Å². The van der Waals surface area contributed by atoms with Gasteiger partial charge in [-0.3, -0.25) is 9.59 Å². The van der Waals surface area contributed by atoms with E-state index in [0.29, 0.717) is 0 Å². The quantitative estimate of drug-likeness (QED) is 0.727. The number of aryl methyl sites for hydroxylation is 1. The van der Waals surface area contributed by atoms with Crippen molar-refractivity contribution in [2.45, 2.75) is 25.4 Å². The molecule has 7 heteroatoms. The Morgan fingerprint density at radius 2 is 1.64 bits per heavy atom. The fourth-order valence-corrected chi connectivity index (χ4v) is 4.87. The van der Waals surface area contributed by atoms with Gasteiger partial charge in [0.05, 0.1) is 22.7 Å². The third kappa shape index (κ3) is 2.45. The van der Waals surface area contributed by atoms with Gasteiger partial charge in [0.15, 0.2) is 0 Å². The maximum atomic E-state index is 14.0. The van der Waals surface area contributed by atoms with Crippen molar-refractivity contribution < 1.29 is 14.0 Å². The fraction of sp³-hybridized carbons (Fsp3) is 0.333. The summed E-state index contributed by atoms with van der Waals surface area (Å²) >= 11 is 5.77. The number of amides is 2. The number of benzene rings is 2. The number of nitrogens with zero attached hydrogens (tertiary/aromatic N) is 3. The van der Waals surface area contributed by atoms with Crippen molar-refractivity contribution in [3.8, 4) is 0 Å². The van der Waals surface area contributed by atoms with Crippen LogP contribution in [0.15, 0.2) is 42.5 Å². The Bertz CT molecular complexity index is 980. The van der Waals surface area contributed by atoms with E-state index in [1.54, 1.807) is 0 Å². The van der Waals surface area contributed by atoms with E-state index >= 15 is 0 Å². The van der Waals surface area contributed by atoms with Gasteiger partial charge in [0.2, 0.25) is 5.91 Å². The van der Waals surface area contributed by atoms with E-state index in [0.717, 1.165) is 41.6 Å². The minimum absolute atomic E-state index is 0.0358. The second-order valence-electron chi connectivity index (χ2n) is 7.62. The number of hydrogen-bond donors (Lipinski definition) is 0. The first-order valence-corrected chi connectivity index (χ1v) is 9.78. The maximum Gasteiger partial charge on any atom is 0.253 e. The Hall–Kier alpha value is -2.28. The van der Waals surface area contributed by atoms with Gasteiger partial charge in [-0.2, -0.15) is 0 Å². The van der Waals surface area contributed by atoms with Crippen LogP contribution in [0.2, 0.25) is 5.02 Å². The summed E-state index contributed by atoms with van der Waals surface area (Å²) in [6.45, 7) is 3.58. The molecule has 5 rings (SSSR count). The Balaban J connectivity index is 1.58. The maximum absolute atomic E-state index is 14.0. The summed E-state index contributed by atoms with van der Waals surface area (Å²) in [7, 11) is 0. The number of hydrogen-bond acceptors (Lipinski definition) is 4. The number of carbonyl (C=O) groups excluding carboxylic acids is 2. The molecule has 3 atom stereocenters.